The fourth-order valence-electron chi connectivity index (χ4n) is 2.74. The van der Waals surface area contributed by atoms with Crippen molar-refractivity contribution in [1.29, 1.82) is 0 Å². The van der Waals surface area contributed by atoms with Gasteiger partial charge in [0.15, 0.2) is 5.82 Å². The molecule has 0 radical (unpaired) electrons. The van der Waals surface area contributed by atoms with Crippen molar-refractivity contribution >= 4 is 44.4 Å². The minimum Gasteiger partial charge on any atom is -0.264 e. The van der Waals surface area contributed by atoms with Crippen molar-refractivity contribution in [1.82, 2.24) is 24.9 Å². The summed E-state index contributed by atoms with van der Waals surface area (Å²) in [4.78, 5) is 23.0. The third-order valence-corrected chi connectivity index (χ3v) is 6.39. The Kier molecular flexibility index (Phi) is 4.12. The molecule has 0 aromatic carbocycles. The molecule has 0 saturated carbocycles. The van der Waals surface area contributed by atoms with Crippen molar-refractivity contribution in [2.24, 2.45) is 0 Å². The monoisotopic (exact) mass is 407 g/mol. The molecule has 5 aromatic heterocycles. The van der Waals surface area contributed by atoms with Gasteiger partial charge in [-0.05, 0) is 41.1 Å². The van der Waals surface area contributed by atoms with E-state index in [1.807, 2.05) is 23.6 Å². The number of fused-ring (bicyclic) bond motifs is 1. The molecule has 130 valence electrons. The summed E-state index contributed by atoms with van der Waals surface area (Å²) in [6.45, 7) is 0. The molecule has 0 atom stereocenters. The van der Waals surface area contributed by atoms with E-state index in [0.29, 0.717) is 11.0 Å². The quantitative estimate of drug-likeness (QED) is 0.390. The molecule has 5 heterocycles. The molecule has 0 aliphatic heterocycles. The van der Waals surface area contributed by atoms with E-state index in [0.717, 1.165) is 36.9 Å². The van der Waals surface area contributed by atoms with Gasteiger partial charge in [0, 0.05) is 30.4 Å². The normalized spacial score (nSPS) is 11.1. The molecule has 0 bridgehead atoms. The Morgan fingerprint density at radius 3 is 2.67 bits per heavy atom. The Balaban J connectivity index is 1.69. The molecule has 5 nitrogen and oxygen atoms in total. The van der Waals surface area contributed by atoms with Gasteiger partial charge >= 0.3 is 0 Å². The number of hydrogen-bond acceptors (Lipinski definition) is 7. The molecule has 5 rings (SSSR count). The molecule has 0 spiro atoms. The van der Waals surface area contributed by atoms with Crippen LogP contribution in [0.4, 0.5) is 0 Å². The highest BCUT2D eigenvalue weighted by molar-refractivity contribution is 7.19. The van der Waals surface area contributed by atoms with Crippen molar-refractivity contribution in [3.8, 4) is 32.7 Å². The minimum absolute atomic E-state index is 0.431. The zero-order chi connectivity index (χ0) is 18.2. The fraction of sp³-hybridized carbons (Fsp3) is 0. The van der Waals surface area contributed by atoms with Crippen LogP contribution in [0, 0.1) is 0 Å². The van der Waals surface area contributed by atoms with Crippen molar-refractivity contribution in [2.45, 2.75) is 0 Å². The maximum Gasteiger partial charge on any atom is 0.179 e. The second-order valence-electron chi connectivity index (χ2n) is 5.65. The van der Waals surface area contributed by atoms with E-state index in [9.17, 15) is 0 Å². The summed E-state index contributed by atoms with van der Waals surface area (Å²) >= 11 is 9.58. The summed E-state index contributed by atoms with van der Waals surface area (Å²) < 4.78 is 1.05. The van der Waals surface area contributed by atoms with Gasteiger partial charge in [0.05, 0.1) is 15.3 Å². The maximum atomic E-state index is 6.46. The molecule has 0 aliphatic carbocycles. The van der Waals surface area contributed by atoms with Crippen molar-refractivity contribution in [3.05, 3.63) is 65.7 Å². The van der Waals surface area contributed by atoms with Gasteiger partial charge in [-0.1, -0.05) is 11.6 Å². The Labute approximate surface area is 167 Å². The van der Waals surface area contributed by atoms with Gasteiger partial charge in [-0.2, -0.15) is 0 Å². The number of pyridine rings is 2. The van der Waals surface area contributed by atoms with Gasteiger partial charge in [-0.25, -0.2) is 19.9 Å². The van der Waals surface area contributed by atoms with Crippen LogP contribution in [0.3, 0.4) is 0 Å². The predicted molar refractivity (Wildman–Crippen MR) is 110 cm³/mol. The van der Waals surface area contributed by atoms with Crippen LogP contribution in [-0.2, 0) is 0 Å². The second-order valence-corrected chi connectivity index (χ2v) is 7.92. The molecule has 0 N–H and O–H groups in total. The Morgan fingerprint density at radius 2 is 1.85 bits per heavy atom. The van der Waals surface area contributed by atoms with Gasteiger partial charge in [0.1, 0.15) is 15.9 Å². The lowest BCUT2D eigenvalue weighted by Gasteiger charge is -2.04. The molecule has 0 unspecified atom stereocenters. The average molecular weight is 408 g/mol. The first kappa shape index (κ1) is 16.4. The SMILES string of the molecule is Clc1nc(-c2cccnc2)sc1-c1cc2ccsc2c(-c2ncccn2)n1. The summed E-state index contributed by atoms with van der Waals surface area (Å²) in [5.41, 5.74) is 2.45. The molecule has 0 fully saturated rings. The molecule has 5 aromatic rings. The van der Waals surface area contributed by atoms with E-state index in [1.165, 1.54) is 11.3 Å². The predicted octanol–water partition coefficient (Wildman–Crippen LogP) is 5.59. The van der Waals surface area contributed by atoms with Crippen LogP contribution in [0.25, 0.3) is 42.7 Å². The number of rotatable bonds is 3. The van der Waals surface area contributed by atoms with E-state index >= 15 is 0 Å². The summed E-state index contributed by atoms with van der Waals surface area (Å²) in [6, 6.07) is 9.73. The molecule has 0 saturated heterocycles. The molecular weight excluding hydrogens is 398 g/mol. The van der Waals surface area contributed by atoms with Crippen LogP contribution in [0.15, 0.2) is 60.5 Å². The van der Waals surface area contributed by atoms with Gasteiger partial charge < -0.3 is 0 Å². The number of hydrogen-bond donors (Lipinski definition) is 0. The number of halogens is 1. The number of nitrogens with zero attached hydrogens (tertiary/aromatic N) is 5. The third kappa shape index (κ3) is 2.99. The highest BCUT2D eigenvalue weighted by Gasteiger charge is 2.18. The fourth-order valence-corrected chi connectivity index (χ4v) is 4.85. The topological polar surface area (TPSA) is 64.5 Å². The van der Waals surface area contributed by atoms with Crippen LogP contribution < -0.4 is 0 Å². The number of thiophene rings is 1. The second kappa shape index (κ2) is 6.77. The standard InChI is InChI=1S/C19H10ClN5S2/c20-17-16(27-19(25-17)12-3-1-5-21-10-12)13-9-11-4-8-26-15(11)14(24-13)18-22-6-2-7-23-18/h1-10H. The lowest BCUT2D eigenvalue weighted by atomic mass is 10.2. The average Bonchev–Trinajstić information content (AvgIpc) is 3.35. The first-order chi connectivity index (χ1) is 13.3. The number of aromatic nitrogens is 5. The van der Waals surface area contributed by atoms with E-state index < -0.39 is 0 Å². The lowest BCUT2D eigenvalue weighted by molar-refractivity contribution is 1.15. The highest BCUT2D eigenvalue weighted by Crippen LogP contribution is 2.40. The van der Waals surface area contributed by atoms with E-state index in [-0.39, 0.29) is 0 Å². The summed E-state index contributed by atoms with van der Waals surface area (Å²) in [5, 5.41) is 4.37. The van der Waals surface area contributed by atoms with Gasteiger partial charge in [-0.15, -0.1) is 22.7 Å². The number of thiazole rings is 1. The molecule has 0 amide bonds. The lowest BCUT2D eigenvalue weighted by Crippen LogP contribution is -1.92. The molecule has 0 aliphatic rings. The first-order valence-corrected chi connectivity index (χ1v) is 10.1. The van der Waals surface area contributed by atoms with Crippen molar-refractivity contribution < 1.29 is 0 Å². The van der Waals surface area contributed by atoms with Crippen molar-refractivity contribution in [3.63, 3.8) is 0 Å². The summed E-state index contributed by atoms with van der Waals surface area (Å²) in [5.74, 6) is 0.597. The van der Waals surface area contributed by atoms with E-state index in [1.54, 1.807) is 42.2 Å². The maximum absolute atomic E-state index is 6.46. The van der Waals surface area contributed by atoms with Crippen molar-refractivity contribution in [2.75, 3.05) is 0 Å². The van der Waals surface area contributed by atoms with Crippen LogP contribution in [0.2, 0.25) is 5.15 Å². The van der Waals surface area contributed by atoms with Gasteiger partial charge in [-0.3, -0.25) is 4.98 Å². The molecular formula is C19H10ClN5S2. The largest absolute Gasteiger partial charge is 0.264 e. The summed E-state index contributed by atoms with van der Waals surface area (Å²) in [7, 11) is 0. The molecule has 27 heavy (non-hydrogen) atoms. The Hall–Kier alpha value is -2.74. The zero-order valence-corrected chi connectivity index (χ0v) is 16.1. The minimum atomic E-state index is 0.431. The highest BCUT2D eigenvalue weighted by atomic mass is 35.5. The van der Waals surface area contributed by atoms with Crippen LogP contribution >= 0.6 is 34.3 Å². The Bertz CT molecular complexity index is 1240. The van der Waals surface area contributed by atoms with Crippen LogP contribution in [0.5, 0.6) is 0 Å². The molecule has 8 heteroatoms. The van der Waals surface area contributed by atoms with Gasteiger partial charge in [0.2, 0.25) is 0 Å². The summed E-state index contributed by atoms with van der Waals surface area (Å²) in [6.07, 6.45) is 6.95. The first-order valence-electron chi connectivity index (χ1n) is 8.02. The Morgan fingerprint density at radius 1 is 0.963 bits per heavy atom. The van der Waals surface area contributed by atoms with Gasteiger partial charge in [0.25, 0.3) is 0 Å². The smallest absolute Gasteiger partial charge is 0.179 e. The van der Waals surface area contributed by atoms with Crippen LogP contribution in [0.1, 0.15) is 0 Å². The zero-order valence-electron chi connectivity index (χ0n) is 13.7. The van der Waals surface area contributed by atoms with E-state index in [2.05, 4.69) is 26.0 Å². The van der Waals surface area contributed by atoms with Crippen LogP contribution in [-0.4, -0.2) is 24.9 Å². The third-order valence-electron chi connectivity index (χ3n) is 3.94. The van der Waals surface area contributed by atoms with E-state index in [4.69, 9.17) is 16.6 Å².